The number of ether oxygens (including phenoxy) is 2. The van der Waals surface area contributed by atoms with Gasteiger partial charge in [0.15, 0.2) is 0 Å². The number of fused-ring (bicyclic) bond motifs is 1. The quantitative estimate of drug-likeness (QED) is 0.0621. The van der Waals surface area contributed by atoms with Crippen molar-refractivity contribution in [3.63, 3.8) is 0 Å². The zero-order valence-corrected chi connectivity index (χ0v) is 38.8. The number of nitrogen functional groups attached to an aromatic ring is 1. The minimum absolute atomic E-state index is 0.0333. The van der Waals surface area contributed by atoms with Gasteiger partial charge in [0.05, 0.1) is 30.7 Å². The molecule has 0 amide bonds. The molecule has 1 unspecified atom stereocenters. The number of oxime groups is 1. The largest absolute Gasteiger partial charge is 0.459 e. The van der Waals surface area contributed by atoms with E-state index in [9.17, 15) is 14.4 Å². The van der Waals surface area contributed by atoms with E-state index >= 15 is 0 Å². The van der Waals surface area contributed by atoms with Crippen LogP contribution in [0.4, 0.5) is 15.3 Å². The Morgan fingerprint density at radius 3 is 2.40 bits per heavy atom. The Hall–Kier alpha value is -4.99. The summed E-state index contributed by atoms with van der Waals surface area (Å²) in [6.07, 6.45) is 2.64. The number of alkyl halides is 1. The van der Waals surface area contributed by atoms with Crippen LogP contribution in [0.15, 0.2) is 65.8 Å². The Morgan fingerprint density at radius 1 is 1.11 bits per heavy atom. The van der Waals surface area contributed by atoms with Gasteiger partial charge in [-0.1, -0.05) is 86.6 Å². The molecule has 2 saturated heterocycles. The first-order valence-corrected chi connectivity index (χ1v) is 24.6. The van der Waals surface area contributed by atoms with E-state index in [2.05, 4.69) is 85.5 Å². The highest BCUT2D eigenvalue weighted by atomic mass is 32.1. The minimum atomic E-state index is -3.07. The maximum atomic E-state index is 14.6. The first kappa shape index (κ1) is 44.6. The van der Waals surface area contributed by atoms with E-state index in [1.807, 2.05) is 35.9 Å². The van der Waals surface area contributed by atoms with Crippen LogP contribution in [-0.2, 0) is 30.6 Å². The van der Waals surface area contributed by atoms with Crippen molar-refractivity contribution in [2.45, 2.75) is 108 Å². The number of nitrogens with two attached hydrogens (primary N) is 2. The third-order valence-electron chi connectivity index (χ3n) is 13.3. The van der Waals surface area contributed by atoms with Crippen molar-refractivity contribution in [1.29, 1.82) is 5.26 Å². The molecule has 0 radical (unpaired) electrons. The van der Waals surface area contributed by atoms with Crippen LogP contribution in [0.3, 0.4) is 0 Å². The lowest BCUT2D eigenvalue weighted by Crippen LogP contribution is -2.71. The first-order valence-electron chi connectivity index (χ1n) is 21.9. The number of amidine groups is 1. The Bertz CT molecular complexity index is 2340. The maximum Gasteiger partial charge on any atom is 0.345 e. The summed E-state index contributed by atoms with van der Waals surface area (Å²) in [5, 5.41) is 16.5. The van der Waals surface area contributed by atoms with Crippen molar-refractivity contribution in [2.75, 3.05) is 50.5 Å². The Labute approximate surface area is 373 Å². The number of benzene rings is 2. The van der Waals surface area contributed by atoms with E-state index in [1.54, 1.807) is 6.92 Å². The molecule has 5 atom stereocenters. The number of thiophene rings is 1. The number of carbonyl (C=O) groups excluding carboxylic acids is 1. The molecule has 2 aliphatic heterocycles. The topological polar surface area (TPSA) is 187 Å². The van der Waals surface area contributed by atoms with Gasteiger partial charge in [-0.2, -0.15) is 20.2 Å². The van der Waals surface area contributed by atoms with Crippen LogP contribution in [-0.4, -0.2) is 104 Å². The molecule has 4 N–H and O–H groups in total. The summed E-state index contributed by atoms with van der Waals surface area (Å²) in [7, 11) is -1.21. The molecule has 14 nitrogen and oxygen atoms in total. The average molecular weight is 896 g/mol. The van der Waals surface area contributed by atoms with Crippen LogP contribution in [0.2, 0.25) is 5.04 Å². The molecular weight excluding hydrogens is 838 g/mol. The standard InChI is InChI=1S/C46H58FN9O5SSi/c1-29(35-24-31(47)26-55(35)6)59-43-52-40(38(49)54-60-41(57)45(5)21-13-18-36-37(45)34(25-48)39(50)62-36)51-42(53-43)56-22-23-58-28-46(27-56,30-19-20-30)61-63(44(2,3)4,32-14-9-7-10-15-32)33-16-11-8-12-17-33/h7-12,14-17,29-31,35H,13,18-24,26-28,50H2,1-6H3,(H2,49,54)/t29-,31+,35-,45-,46?/m0/s1. The summed E-state index contributed by atoms with van der Waals surface area (Å²) in [5.41, 5.74) is 11.7. The molecule has 2 aromatic heterocycles. The van der Waals surface area contributed by atoms with Crippen LogP contribution in [0.5, 0.6) is 6.01 Å². The molecule has 4 aliphatic rings. The van der Waals surface area contributed by atoms with E-state index in [1.165, 1.54) is 21.7 Å². The van der Waals surface area contributed by atoms with Crippen molar-refractivity contribution >= 4 is 52.8 Å². The van der Waals surface area contributed by atoms with Gasteiger partial charge < -0.3 is 35.1 Å². The molecule has 3 fully saturated rings. The van der Waals surface area contributed by atoms with Gasteiger partial charge in [0.1, 0.15) is 28.9 Å². The molecule has 4 heterocycles. The van der Waals surface area contributed by atoms with Gasteiger partial charge in [-0.25, -0.2) is 9.18 Å². The third kappa shape index (κ3) is 8.55. The van der Waals surface area contributed by atoms with Crippen molar-refractivity contribution in [2.24, 2.45) is 16.8 Å². The highest BCUT2D eigenvalue weighted by molar-refractivity contribution is 7.16. The number of halogens is 1. The van der Waals surface area contributed by atoms with Crippen molar-refractivity contribution < 1.29 is 27.9 Å². The van der Waals surface area contributed by atoms with Crippen molar-refractivity contribution in [1.82, 2.24) is 19.9 Å². The number of aryl methyl sites for hydroxylation is 1. The van der Waals surface area contributed by atoms with Crippen LogP contribution in [0.25, 0.3) is 0 Å². The fourth-order valence-corrected chi connectivity index (χ4v) is 16.0. The number of likely N-dealkylation sites (N-methyl/N-ethyl adjacent to an activating group) is 1. The fourth-order valence-electron chi connectivity index (χ4n) is 9.94. The number of nitrogens with zero attached hydrogens (tertiary/aromatic N) is 7. The number of anilines is 2. The number of hydrogen-bond donors (Lipinski definition) is 2. The summed E-state index contributed by atoms with van der Waals surface area (Å²) < 4.78 is 35.5. The van der Waals surface area contributed by atoms with Gasteiger partial charge >= 0.3 is 12.0 Å². The second-order valence-corrected chi connectivity index (χ2v) is 24.1. The summed E-state index contributed by atoms with van der Waals surface area (Å²) >= 11 is 1.32. The number of aromatic nitrogens is 3. The predicted molar refractivity (Wildman–Crippen MR) is 244 cm³/mol. The second-order valence-electron chi connectivity index (χ2n) is 18.8. The fraction of sp³-hybridized carbons (Fsp3) is 0.522. The van der Waals surface area contributed by atoms with E-state index in [-0.39, 0.29) is 40.6 Å². The first-order chi connectivity index (χ1) is 30.1. The Balaban J connectivity index is 1.17. The van der Waals surface area contributed by atoms with Crippen molar-refractivity contribution in [3.05, 3.63) is 82.5 Å². The second kappa shape index (κ2) is 17.5. The molecule has 334 valence electrons. The highest BCUT2D eigenvalue weighted by Gasteiger charge is 2.59. The zero-order chi connectivity index (χ0) is 44.7. The van der Waals surface area contributed by atoms with E-state index in [0.717, 1.165) is 17.7 Å². The monoisotopic (exact) mass is 895 g/mol. The highest BCUT2D eigenvalue weighted by Crippen LogP contribution is 2.49. The van der Waals surface area contributed by atoms with Gasteiger partial charge in [0.25, 0.3) is 8.32 Å². The van der Waals surface area contributed by atoms with Crippen LogP contribution >= 0.6 is 11.3 Å². The lowest BCUT2D eigenvalue weighted by atomic mass is 9.72. The maximum absolute atomic E-state index is 14.6. The van der Waals surface area contributed by atoms with E-state index < -0.39 is 37.6 Å². The van der Waals surface area contributed by atoms with Gasteiger partial charge in [-0.15, -0.1) is 11.3 Å². The Kier molecular flexibility index (Phi) is 12.4. The third-order valence-corrected chi connectivity index (χ3v) is 19.5. The molecule has 2 aliphatic carbocycles. The SMILES string of the molecule is C[C@H](Oc1nc(/C(N)=N/OC(=O)[C@@]2(C)CCCc3sc(N)c(C#N)c32)nc(N2CCOCC(O[Si](c3ccccc3)(c3ccccc3)C(C)(C)C)(C3CC3)C2)n1)[C@@H]1C[C@@H](F)CN1C. The normalized spacial score (nSPS) is 25.2. The number of nitriles is 1. The molecular formula is C46H58FN9O5SSi. The van der Waals surface area contributed by atoms with Crippen molar-refractivity contribution in [3.8, 4) is 12.1 Å². The lowest BCUT2D eigenvalue weighted by molar-refractivity contribution is -0.150. The van der Waals surface area contributed by atoms with Gasteiger partial charge in [0, 0.05) is 29.6 Å². The van der Waals surface area contributed by atoms with Gasteiger partial charge in [-0.05, 0) is 80.7 Å². The number of carbonyl (C=O) groups is 1. The van der Waals surface area contributed by atoms with Crippen LogP contribution in [0.1, 0.15) is 88.6 Å². The number of likely N-dealkylation sites (tertiary alicyclic amines) is 1. The molecule has 17 heteroatoms. The summed E-state index contributed by atoms with van der Waals surface area (Å²) in [6.45, 7) is 12.3. The summed E-state index contributed by atoms with van der Waals surface area (Å²) in [6, 6.07) is 23.1. The Morgan fingerprint density at radius 2 is 1.79 bits per heavy atom. The molecule has 0 bridgehead atoms. The molecule has 2 aromatic carbocycles. The molecule has 0 spiro atoms. The average Bonchev–Trinajstić information content (AvgIpc) is 4.03. The van der Waals surface area contributed by atoms with E-state index in [0.29, 0.717) is 74.7 Å². The smallest absolute Gasteiger partial charge is 0.345 e. The summed E-state index contributed by atoms with van der Waals surface area (Å²) in [5.74, 6) is -0.562. The number of hydrogen-bond acceptors (Lipinski definition) is 14. The number of rotatable bonds is 12. The van der Waals surface area contributed by atoms with Crippen LogP contribution < -0.4 is 31.5 Å². The van der Waals surface area contributed by atoms with Crippen LogP contribution in [0, 0.1) is 17.2 Å². The molecule has 8 rings (SSSR count). The zero-order valence-electron chi connectivity index (χ0n) is 37.0. The minimum Gasteiger partial charge on any atom is -0.459 e. The van der Waals surface area contributed by atoms with Gasteiger partial charge in [0.2, 0.25) is 17.6 Å². The lowest BCUT2D eigenvalue weighted by Gasteiger charge is -2.50. The summed E-state index contributed by atoms with van der Waals surface area (Å²) in [4.78, 5) is 38.7. The van der Waals surface area contributed by atoms with E-state index in [4.69, 9.17) is 40.2 Å². The molecule has 4 aromatic rings. The molecule has 63 heavy (non-hydrogen) atoms. The predicted octanol–water partition coefficient (Wildman–Crippen LogP) is 5.22. The molecule has 1 saturated carbocycles. The van der Waals surface area contributed by atoms with Gasteiger partial charge in [-0.3, -0.25) is 4.90 Å².